The van der Waals surface area contributed by atoms with Crippen molar-refractivity contribution in [1.82, 2.24) is 10.2 Å². The molecule has 9 heavy (non-hydrogen) atoms. The number of hydrogen-bond donors (Lipinski definition) is 1. The maximum atomic E-state index is 3.94. The molecule has 0 heterocycles. The average molecular weight is 147 g/mol. The van der Waals surface area contributed by atoms with Crippen LogP contribution in [0.25, 0.3) is 0 Å². The summed E-state index contributed by atoms with van der Waals surface area (Å²) >= 11 is 0. The van der Waals surface area contributed by atoms with Crippen LogP contribution in [0.15, 0.2) is 4.99 Å². The topological polar surface area (TPSA) is 27.6 Å². The Hall–Kier alpha value is -0.513. The Labute approximate surface area is 61.2 Å². The number of rotatable bonds is 0. The SMILES string of the molecule is CN=C(NC)N(C)C.[SiH4]. The number of nitrogens with zero attached hydrogens (tertiary/aromatic N) is 2. The molecule has 0 saturated carbocycles. The first-order chi connectivity index (χ1) is 3.72. The van der Waals surface area contributed by atoms with Crippen molar-refractivity contribution in [2.75, 3.05) is 28.2 Å². The van der Waals surface area contributed by atoms with Gasteiger partial charge in [-0.05, 0) is 11.0 Å². The average Bonchev–Trinajstić information content (AvgIpc) is 1.69. The molecule has 0 aromatic heterocycles. The molecule has 1 N–H and O–H groups in total. The van der Waals surface area contributed by atoms with Crippen LogP contribution >= 0.6 is 0 Å². The zero-order valence-corrected chi connectivity index (χ0v) is 5.89. The van der Waals surface area contributed by atoms with Crippen LogP contribution < -0.4 is 5.32 Å². The van der Waals surface area contributed by atoms with Gasteiger partial charge in [-0.2, -0.15) is 0 Å². The van der Waals surface area contributed by atoms with E-state index in [9.17, 15) is 0 Å². The van der Waals surface area contributed by atoms with Gasteiger partial charge in [0, 0.05) is 28.2 Å². The van der Waals surface area contributed by atoms with Crippen molar-refractivity contribution >= 4 is 16.9 Å². The Morgan fingerprint density at radius 1 is 1.44 bits per heavy atom. The molecule has 0 aliphatic rings. The van der Waals surface area contributed by atoms with Crippen molar-refractivity contribution in [3.05, 3.63) is 0 Å². The molecule has 0 amide bonds. The highest BCUT2D eigenvalue weighted by Crippen LogP contribution is 1.73. The fourth-order valence-electron chi connectivity index (χ4n) is 0.535. The first-order valence-electron chi connectivity index (χ1n) is 2.54. The Bertz CT molecular complexity index is 90.2. The molecule has 0 bridgehead atoms. The molecule has 0 saturated heterocycles. The van der Waals surface area contributed by atoms with E-state index in [-0.39, 0.29) is 11.0 Å². The summed E-state index contributed by atoms with van der Waals surface area (Å²) in [6, 6.07) is 0. The van der Waals surface area contributed by atoms with Crippen LogP contribution in [0.4, 0.5) is 0 Å². The normalized spacial score (nSPS) is 10.0. The van der Waals surface area contributed by atoms with E-state index in [0.717, 1.165) is 5.96 Å². The summed E-state index contributed by atoms with van der Waals surface area (Å²) in [7, 11) is 7.49. The minimum atomic E-state index is 0. The number of nitrogens with one attached hydrogen (secondary N) is 1. The van der Waals surface area contributed by atoms with Gasteiger partial charge in [-0.1, -0.05) is 0 Å². The number of guanidine groups is 1. The summed E-state index contributed by atoms with van der Waals surface area (Å²) in [5.74, 6) is 0.894. The van der Waals surface area contributed by atoms with Crippen LogP contribution in [0, 0.1) is 0 Å². The van der Waals surface area contributed by atoms with E-state index >= 15 is 0 Å². The quantitative estimate of drug-likeness (QED) is 0.251. The highest BCUT2D eigenvalue weighted by molar-refractivity contribution is 5.78. The summed E-state index contributed by atoms with van der Waals surface area (Å²) in [6.07, 6.45) is 0. The molecule has 0 aliphatic heterocycles. The van der Waals surface area contributed by atoms with Crippen molar-refractivity contribution in [3.8, 4) is 0 Å². The first kappa shape index (κ1) is 11.3. The summed E-state index contributed by atoms with van der Waals surface area (Å²) in [5, 5.41) is 2.93. The molecule has 0 aromatic carbocycles. The van der Waals surface area contributed by atoms with Gasteiger partial charge in [-0.25, -0.2) is 0 Å². The van der Waals surface area contributed by atoms with Crippen molar-refractivity contribution in [2.24, 2.45) is 4.99 Å². The molecule has 0 aliphatic carbocycles. The van der Waals surface area contributed by atoms with Gasteiger partial charge in [-0.3, -0.25) is 4.99 Å². The summed E-state index contributed by atoms with van der Waals surface area (Å²) in [6.45, 7) is 0. The predicted molar refractivity (Wildman–Crippen MR) is 47.4 cm³/mol. The molecule has 0 unspecified atom stereocenters. The predicted octanol–water partition coefficient (Wildman–Crippen LogP) is -1.70. The standard InChI is InChI=1S/C5H13N3.H4Si/c1-6-5(7-2)8(3)4;/h1-4H3,(H,6,7);1H4. The smallest absolute Gasteiger partial charge is 0.192 e. The maximum absolute atomic E-state index is 3.94. The second kappa shape index (κ2) is 5.62. The lowest BCUT2D eigenvalue weighted by atomic mass is 10.8. The third-order valence-corrected chi connectivity index (χ3v) is 0.859. The van der Waals surface area contributed by atoms with Crippen molar-refractivity contribution < 1.29 is 0 Å². The zero-order valence-electron chi connectivity index (χ0n) is 5.89. The minimum Gasteiger partial charge on any atom is -0.359 e. The Morgan fingerprint density at radius 3 is 1.89 bits per heavy atom. The molecule has 3 nitrogen and oxygen atoms in total. The molecule has 0 aromatic rings. The lowest BCUT2D eigenvalue weighted by molar-refractivity contribution is 0.596. The van der Waals surface area contributed by atoms with Gasteiger partial charge in [0.1, 0.15) is 0 Å². The fraction of sp³-hybridized carbons (Fsp3) is 0.800. The third kappa shape index (κ3) is 4.02. The van der Waals surface area contributed by atoms with Gasteiger partial charge >= 0.3 is 0 Å². The monoisotopic (exact) mass is 147 g/mol. The van der Waals surface area contributed by atoms with Crippen molar-refractivity contribution in [2.45, 2.75) is 0 Å². The maximum Gasteiger partial charge on any atom is 0.192 e. The fourth-order valence-corrected chi connectivity index (χ4v) is 0.535. The number of aliphatic imine (C=N–C) groups is 1. The van der Waals surface area contributed by atoms with E-state index in [1.807, 2.05) is 26.0 Å². The molecule has 0 fully saturated rings. The molecule has 56 valence electrons. The van der Waals surface area contributed by atoms with Crippen LogP contribution in [0.3, 0.4) is 0 Å². The lowest BCUT2D eigenvalue weighted by Gasteiger charge is -2.12. The van der Waals surface area contributed by atoms with E-state index in [1.165, 1.54) is 0 Å². The van der Waals surface area contributed by atoms with Crippen molar-refractivity contribution in [1.29, 1.82) is 0 Å². The van der Waals surface area contributed by atoms with Crippen LogP contribution in [0.5, 0.6) is 0 Å². The lowest BCUT2D eigenvalue weighted by Crippen LogP contribution is -2.33. The van der Waals surface area contributed by atoms with E-state index in [1.54, 1.807) is 7.05 Å². The molecular weight excluding hydrogens is 130 g/mol. The highest BCUT2D eigenvalue weighted by Gasteiger charge is 1.91. The Morgan fingerprint density at radius 2 is 1.89 bits per heavy atom. The van der Waals surface area contributed by atoms with Gasteiger partial charge in [0.25, 0.3) is 0 Å². The Balaban J connectivity index is 0. The second-order valence-corrected chi connectivity index (χ2v) is 1.69. The largest absolute Gasteiger partial charge is 0.359 e. The Kier molecular flexibility index (Phi) is 7.06. The first-order valence-corrected chi connectivity index (χ1v) is 2.54. The van der Waals surface area contributed by atoms with Gasteiger partial charge in [0.15, 0.2) is 5.96 Å². The van der Waals surface area contributed by atoms with Gasteiger partial charge in [0.2, 0.25) is 0 Å². The van der Waals surface area contributed by atoms with Gasteiger partial charge in [-0.15, -0.1) is 0 Å². The van der Waals surface area contributed by atoms with E-state index in [4.69, 9.17) is 0 Å². The van der Waals surface area contributed by atoms with Gasteiger partial charge < -0.3 is 10.2 Å². The molecule has 0 spiro atoms. The number of hydrogen-bond acceptors (Lipinski definition) is 1. The minimum absolute atomic E-state index is 0. The van der Waals surface area contributed by atoms with Crippen molar-refractivity contribution in [3.63, 3.8) is 0 Å². The second-order valence-electron chi connectivity index (χ2n) is 1.69. The molecular formula is C5H17N3Si. The summed E-state index contributed by atoms with van der Waals surface area (Å²) in [4.78, 5) is 5.85. The van der Waals surface area contributed by atoms with Crippen LogP contribution in [-0.2, 0) is 0 Å². The third-order valence-electron chi connectivity index (χ3n) is 0.859. The van der Waals surface area contributed by atoms with Crippen LogP contribution in [0.1, 0.15) is 0 Å². The van der Waals surface area contributed by atoms with Gasteiger partial charge in [0.05, 0.1) is 0 Å². The van der Waals surface area contributed by atoms with E-state index < -0.39 is 0 Å². The summed E-state index contributed by atoms with van der Waals surface area (Å²) in [5.41, 5.74) is 0. The van der Waals surface area contributed by atoms with E-state index in [2.05, 4.69) is 10.3 Å². The highest BCUT2D eigenvalue weighted by atomic mass is 28.1. The van der Waals surface area contributed by atoms with Crippen LogP contribution in [-0.4, -0.2) is 50.0 Å². The zero-order chi connectivity index (χ0) is 6.57. The molecule has 0 rings (SSSR count). The molecule has 4 heteroatoms. The summed E-state index contributed by atoms with van der Waals surface area (Å²) < 4.78 is 0. The molecule has 0 atom stereocenters. The van der Waals surface area contributed by atoms with E-state index in [0.29, 0.717) is 0 Å². The molecule has 0 radical (unpaired) electrons. The van der Waals surface area contributed by atoms with Crippen LogP contribution in [0.2, 0.25) is 0 Å².